The van der Waals surface area contributed by atoms with E-state index in [1.807, 2.05) is 96.1 Å². The van der Waals surface area contributed by atoms with Gasteiger partial charge in [0, 0.05) is 16.7 Å². The Balaban J connectivity index is 1.80. The van der Waals surface area contributed by atoms with Gasteiger partial charge in [0.2, 0.25) is 0 Å². The van der Waals surface area contributed by atoms with E-state index in [0.29, 0.717) is 36.5 Å². The maximum atomic E-state index is 6.29. The number of rotatable bonds is 12. The number of ether oxygens (including phenoxy) is 3. The molecule has 0 aliphatic heterocycles. The van der Waals surface area contributed by atoms with Crippen LogP contribution >= 0.6 is 0 Å². The molecule has 0 aliphatic rings. The summed E-state index contributed by atoms with van der Waals surface area (Å²) < 4.78 is 18.9. The van der Waals surface area contributed by atoms with E-state index in [2.05, 4.69) is 34.7 Å². The fourth-order valence-corrected chi connectivity index (χ4v) is 4.65. The molecule has 6 heteroatoms. The highest BCUT2D eigenvalue weighted by Gasteiger charge is 2.18. The molecule has 0 radical (unpaired) electrons. The van der Waals surface area contributed by atoms with Crippen molar-refractivity contribution < 1.29 is 14.2 Å². The Bertz CT molecular complexity index is 1450. The van der Waals surface area contributed by atoms with Gasteiger partial charge < -0.3 is 14.2 Å². The molecule has 0 atom stereocenters. The SMILES string of the molecule is C=C(C)Cc1c(C)cccc1Oc1nc(Oc2cccc(C)c2CC(=C)C)nc(Oc2cccc(C)c2CC(=C)C)n1. The molecule has 0 aliphatic carbocycles. The fraction of sp³-hybridized carbons (Fsp3) is 0.250. The number of aromatic nitrogens is 3. The van der Waals surface area contributed by atoms with E-state index in [1.165, 1.54) is 0 Å². The molecular formula is C36H39N3O3. The van der Waals surface area contributed by atoms with Crippen LogP contribution in [0.1, 0.15) is 54.2 Å². The summed E-state index contributed by atoms with van der Waals surface area (Å²) >= 11 is 0. The smallest absolute Gasteiger partial charge is 0.331 e. The Morgan fingerprint density at radius 3 is 1.00 bits per heavy atom. The van der Waals surface area contributed by atoms with E-state index >= 15 is 0 Å². The molecule has 42 heavy (non-hydrogen) atoms. The van der Waals surface area contributed by atoms with Gasteiger partial charge in [-0.1, -0.05) is 72.9 Å². The van der Waals surface area contributed by atoms with Gasteiger partial charge in [-0.3, -0.25) is 0 Å². The van der Waals surface area contributed by atoms with Crippen LogP contribution in [-0.4, -0.2) is 15.0 Å². The molecule has 0 saturated carbocycles. The van der Waals surface area contributed by atoms with Crippen molar-refractivity contribution >= 4 is 0 Å². The van der Waals surface area contributed by atoms with Crippen LogP contribution in [-0.2, 0) is 19.3 Å². The maximum Gasteiger partial charge on any atom is 0.331 e. The first-order chi connectivity index (χ1) is 20.0. The van der Waals surface area contributed by atoms with Crippen LogP contribution in [0.25, 0.3) is 0 Å². The fourth-order valence-electron chi connectivity index (χ4n) is 4.65. The quantitative estimate of drug-likeness (QED) is 0.160. The molecule has 6 nitrogen and oxygen atoms in total. The van der Waals surface area contributed by atoms with Gasteiger partial charge in [-0.2, -0.15) is 0 Å². The van der Waals surface area contributed by atoms with Crippen LogP contribution in [0.3, 0.4) is 0 Å². The Labute approximate surface area is 249 Å². The second-order valence-corrected chi connectivity index (χ2v) is 11.0. The average molecular weight is 562 g/mol. The third kappa shape index (κ3) is 7.72. The molecule has 4 aromatic rings. The second kappa shape index (κ2) is 13.3. The molecule has 0 saturated heterocycles. The minimum Gasteiger partial charge on any atom is -0.424 e. The summed E-state index contributed by atoms with van der Waals surface area (Å²) in [6.07, 6.45) is 2.00. The normalized spacial score (nSPS) is 10.7. The largest absolute Gasteiger partial charge is 0.424 e. The van der Waals surface area contributed by atoms with Gasteiger partial charge in [-0.25, -0.2) is 0 Å². The first kappa shape index (κ1) is 30.3. The molecule has 216 valence electrons. The monoisotopic (exact) mass is 561 g/mol. The Morgan fingerprint density at radius 2 is 0.762 bits per heavy atom. The van der Waals surface area contributed by atoms with Gasteiger partial charge in [-0.15, -0.1) is 15.0 Å². The molecule has 0 spiro atoms. The molecule has 3 aromatic carbocycles. The van der Waals surface area contributed by atoms with Crippen molar-refractivity contribution in [1.82, 2.24) is 15.0 Å². The first-order valence-electron chi connectivity index (χ1n) is 14.0. The minimum absolute atomic E-state index is 0.0618. The zero-order valence-electron chi connectivity index (χ0n) is 25.5. The summed E-state index contributed by atoms with van der Waals surface area (Å²) in [5.41, 5.74) is 9.37. The van der Waals surface area contributed by atoms with Gasteiger partial charge in [0.1, 0.15) is 17.2 Å². The van der Waals surface area contributed by atoms with Gasteiger partial charge in [0.25, 0.3) is 0 Å². The number of hydrogen-bond donors (Lipinski definition) is 0. The van der Waals surface area contributed by atoms with Crippen molar-refractivity contribution in [3.8, 4) is 35.3 Å². The summed E-state index contributed by atoms with van der Waals surface area (Å²) in [5, 5.41) is 0. The Morgan fingerprint density at radius 1 is 0.500 bits per heavy atom. The highest BCUT2D eigenvalue weighted by molar-refractivity contribution is 5.46. The summed E-state index contributed by atoms with van der Waals surface area (Å²) in [6, 6.07) is 17.8. The molecule has 0 amide bonds. The third-order valence-electron chi connectivity index (χ3n) is 6.72. The minimum atomic E-state index is 0.0618. The summed E-state index contributed by atoms with van der Waals surface area (Å²) in [4.78, 5) is 13.6. The number of benzene rings is 3. The zero-order valence-corrected chi connectivity index (χ0v) is 25.5. The van der Waals surface area contributed by atoms with Crippen molar-refractivity contribution in [1.29, 1.82) is 0 Å². The van der Waals surface area contributed by atoms with Crippen LogP contribution in [0, 0.1) is 20.8 Å². The molecule has 0 N–H and O–H groups in total. The van der Waals surface area contributed by atoms with E-state index in [9.17, 15) is 0 Å². The van der Waals surface area contributed by atoms with Crippen LogP contribution < -0.4 is 14.2 Å². The molecule has 1 heterocycles. The lowest BCUT2D eigenvalue weighted by molar-refractivity contribution is 0.358. The maximum absolute atomic E-state index is 6.29. The first-order valence-corrected chi connectivity index (χ1v) is 14.0. The number of hydrogen-bond acceptors (Lipinski definition) is 6. The molecule has 0 unspecified atom stereocenters. The number of aryl methyl sites for hydroxylation is 3. The highest BCUT2D eigenvalue weighted by Crippen LogP contribution is 2.34. The lowest BCUT2D eigenvalue weighted by Gasteiger charge is -2.16. The summed E-state index contributed by atoms with van der Waals surface area (Å²) in [6.45, 7) is 24.4. The standard InChI is InChI=1S/C36H39N3O3/c1-22(2)19-28-25(7)13-10-16-31(28)40-34-37-35(41-32-17-11-14-26(8)29(32)20-23(3)4)39-36(38-34)42-33-18-12-15-27(9)30(33)21-24(5)6/h10-18H,1,3,5,19-21H2,2,4,6-9H3. The van der Waals surface area contributed by atoms with Crippen LogP contribution in [0.5, 0.6) is 35.3 Å². The van der Waals surface area contributed by atoms with Crippen LogP contribution in [0.2, 0.25) is 0 Å². The van der Waals surface area contributed by atoms with Gasteiger partial charge in [-0.05, 0) is 95.7 Å². The predicted molar refractivity (Wildman–Crippen MR) is 169 cm³/mol. The van der Waals surface area contributed by atoms with E-state index in [-0.39, 0.29) is 18.0 Å². The highest BCUT2D eigenvalue weighted by atomic mass is 16.5. The van der Waals surface area contributed by atoms with Crippen LogP contribution in [0.15, 0.2) is 91.1 Å². The lowest BCUT2D eigenvalue weighted by Crippen LogP contribution is -2.05. The van der Waals surface area contributed by atoms with Gasteiger partial charge in [0.05, 0.1) is 0 Å². The van der Waals surface area contributed by atoms with Gasteiger partial charge in [0.15, 0.2) is 0 Å². The van der Waals surface area contributed by atoms with Gasteiger partial charge >= 0.3 is 18.0 Å². The zero-order chi connectivity index (χ0) is 30.4. The molecule has 0 bridgehead atoms. The second-order valence-electron chi connectivity index (χ2n) is 11.0. The predicted octanol–water partition coefficient (Wildman–Crippen LogP) is 9.53. The number of nitrogens with zero attached hydrogens (tertiary/aromatic N) is 3. The summed E-state index contributed by atoms with van der Waals surface area (Å²) in [5.74, 6) is 1.91. The summed E-state index contributed by atoms with van der Waals surface area (Å²) in [7, 11) is 0. The van der Waals surface area contributed by atoms with E-state index in [1.54, 1.807) is 0 Å². The average Bonchev–Trinajstić information content (AvgIpc) is 2.89. The molecule has 0 fully saturated rings. The van der Waals surface area contributed by atoms with E-state index < -0.39 is 0 Å². The lowest BCUT2D eigenvalue weighted by atomic mass is 10.0. The van der Waals surface area contributed by atoms with Crippen molar-refractivity contribution in [2.24, 2.45) is 0 Å². The molecular weight excluding hydrogens is 522 g/mol. The molecule has 1 aromatic heterocycles. The van der Waals surface area contributed by atoms with E-state index in [0.717, 1.165) is 50.1 Å². The molecule has 4 rings (SSSR count). The number of allylic oxidation sites excluding steroid dienone is 3. The van der Waals surface area contributed by atoms with Crippen molar-refractivity contribution in [2.45, 2.75) is 60.8 Å². The third-order valence-corrected chi connectivity index (χ3v) is 6.72. The van der Waals surface area contributed by atoms with Crippen LogP contribution in [0.4, 0.5) is 0 Å². The Hall–Kier alpha value is -4.71. The van der Waals surface area contributed by atoms with Crippen molar-refractivity contribution in [3.63, 3.8) is 0 Å². The topological polar surface area (TPSA) is 66.4 Å². The van der Waals surface area contributed by atoms with Crippen molar-refractivity contribution in [3.05, 3.63) is 124 Å². The Kier molecular flexibility index (Phi) is 9.58. The van der Waals surface area contributed by atoms with Crippen molar-refractivity contribution in [2.75, 3.05) is 0 Å². The van der Waals surface area contributed by atoms with E-state index in [4.69, 9.17) is 14.2 Å².